The smallest absolute Gasteiger partial charge is 0.0177 e. The molecule has 0 nitrogen and oxygen atoms in total. The van der Waals surface area contributed by atoms with Gasteiger partial charge in [-0.2, -0.15) is 0 Å². The minimum Gasteiger partial charge on any atom is -0.100 e. The number of allylic oxidation sites excluding steroid dienone is 1. The zero-order chi connectivity index (χ0) is 15.5. The van der Waals surface area contributed by atoms with Crippen molar-refractivity contribution in [2.45, 2.75) is 46.0 Å². The molecule has 0 unspecified atom stereocenters. The van der Waals surface area contributed by atoms with Crippen molar-refractivity contribution in [3.8, 4) is 0 Å². The summed E-state index contributed by atoms with van der Waals surface area (Å²) in [7, 11) is 0. The normalized spacial score (nSPS) is 11.4. The first-order valence-corrected chi connectivity index (χ1v) is 7.70. The molecule has 2 aromatic rings. The number of hydrogen-bond acceptors (Lipinski definition) is 0. The van der Waals surface area contributed by atoms with Crippen LogP contribution < -0.4 is 0 Å². The minimum atomic E-state index is 0.0420. The van der Waals surface area contributed by atoms with E-state index in [1.807, 2.05) is 0 Å². The highest BCUT2D eigenvalue weighted by Gasteiger charge is 2.28. The summed E-state index contributed by atoms with van der Waals surface area (Å²) >= 11 is 0. The Morgan fingerprint density at radius 3 is 1.57 bits per heavy atom. The van der Waals surface area contributed by atoms with Crippen LogP contribution >= 0.6 is 0 Å². The summed E-state index contributed by atoms with van der Waals surface area (Å²) in [4.78, 5) is 0. The maximum Gasteiger partial charge on any atom is 0.0177 e. The van der Waals surface area contributed by atoms with Gasteiger partial charge in [0.05, 0.1) is 0 Å². The van der Waals surface area contributed by atoms with Crippen molar-refractivity contribution in [1.82, 2.24) is 0 Å². The molecule has 2 rings (SSSR count). The van der Waals surface area contributed by atoms with Crippen LogP contribution in [0.3, 0.4) is 0 Å². The van der Waals surface area contributed by atoms with E-state index in [1.165, 1.54) is 27.8 Å². The van der Waals surface area contributed by atoms with Crippen LogP contribution in [0.15, 0.2) is 60.7 Å². The molecular formula is C21H26. The van der Waals surface area contributed by atoms with E-state index in [0.717, 1.165) is 12.8 Å². The molecule has 0 bridgehead atoms. The topological polar surface area (TPSA) is 0 Å². The molecule has 2 aromatic carbocycles. The first kappa shape index (κ1) is 15.6. The van der Waals surface area contributed by atoms with Gasteiger partial charge in [0.2, 0.25) is 0 Å². The van der Waals surface area contributed by atoms with Gasteiger partial charge < -0.3 is 0 Å². The molecule has 0 N–H and O–H groups in total. The maximum absolute atomic E-state index is 4.07. The van der Waals surface area contributed by atoms with Crippen molar-refractivity contribution in [2.75, 3.05) is 0 Å². The van der Waals surface area contributed by atoms with Crippen molar-refractivity contribution in [2.24, 2.45) is 0 Å². The van der Waals surface area contributed by atoms with E-state index < -0.39 is 0 Å². The summed E-state index contributed by atoms with van der Waals surface area (Å²) in [6, 6.07) is 17.9. The SMILES string of the molecule is C=C(C)CCC(C)(c1ccc(C)cc1)c1ccc(C)cc1. The Labute approximate surface area is 129 Å². The van der Waals surface area contributed by atoms with E-state index in [9.17, 15) is 0 Å². The Hall–Kier alpha value is -1.82. The lowest BCUT2D eigenvalue weighted by molar-refractivity contribution is 0.518. The summed E-state index contributed by atoms with van der Waals surface area (Å²) in [5.41, 5.74) is 6.69. The monoisotopic (exact) mass is 278 g/mol. The summed E-state index contributed by atoms with van der Waals surface area (Å²) in [5.74, 6) is 0. The molecule has 0 atom stereocenters. The van der Waals surface area contributed by atoms with Crippen molar-refractivity contribution in [1.29, 1.82) is 0 Å². The molecule has 0 aliphatic carbocycles. The number of aryl methyl sites for hydroxylation is 2. The van der Waals surface area contributed by atoms with Crippen LogP contribution in [-0.4, -0.2) is 0 Å². The zero-order valence-corrected chi connectivity index (χ0v) is 13.7. The van der Waals surface area contributed by atoms with Gasteiger partial charge in [0.15, 0.2) is 0 Å². The molecule has 0 heteroatoms. The highest BCUT2D eigenvalue weighted by Crippen LogP contribution is 2.37. The number of hydrogen-bond donors (Lipinski definition) is 0. The predicted octanol–water partition coefficient (Wildman–Crippen LogP) is 5.97. The van der Waals surface area contributed by atoms with Gasteiger partial charge in [-0.3, -0.25) is 0 Å². The zero-order valence-electron chi connectivity index (χ0n) is 13.7. The van der Waals surface area contributed by atoms with E-state index in [-0.39, 0.29) is 5.41 Å². The fourth-order valence-electron chi connectivity index (χ4n) is 2.76. The molecule has 0 saturated heterocycles. The third kappa shape index (κ3) is 3.64. The molecular weight excluding hydrogens is 252 g/mol. The van der Waals surface area contributed by atoms with Crippen molar-refractivity contribution in [3.05, 3.63) is 82.9 Å². The lowest BCUT2D eigenvalue weighted by atomic mass is 9.72. The van der Waals surface area contributed by atoms with Gasteiger partial charge in [-0.1, -0.05) is 72.2 Å². The minimum absolute atomic E-state index is 0.0420. The fraction of sp³-hybridized carbons (Fsp3) is 0.333. The van der Waals surface area contributed by atoms with E-state index >= 15 is 0 Å². The molecule has 0 aromatic heterocycles. The Bertz CT molecular complexity index is 554. The van der Waals surface area contributed by atoms with E-state index in [1.54, 1.807) is 0 Å². The second kappa shape index (κ2) is 6.30. The largest absolute Gasteiger partial charge is 0.100 e. The summed E-state index contributed by atoms with van der Waals surface area (Å²) in [6.07, 6.45) is 2.15. The maximum atomic E-state index is 4.07. The van der Waals surface area contributed by atoms with Crippen LogP contribution in [0.2, 0.25) is 0 Å². The van der Waals surface area contributed by atoms with Crippen molar-refractivity contribution < 1.29 is 0 Å². The van der Waals surface area contributed by atoms with Crippen LogP contribution in [0.4, 0.5) is 0 Å². The first-order valence-electron chi connectivity index (χ1n) is 7.70. The average Bonchev–Trinajstić information content (AvgIpc) is 2.46. The molecule has 0 amide bonds. The molecule has 0 saturated carbocycles. The molecule has 0 aliphatic heterocycles. The van der Waals surface area contributed by atoms with Gasteiger partial charge in [-0.25, -0.2) is 0 Å². The second-order valence-corrected chi connectivity index (χ2v) is 6.52. The van der Waals surface area contributed by atoms with Crippen LogP contribution in [-0.2, 0) is 5.41 Å². The van der Waals surface area contributed by atoms with Gasteiger partial charge >= 0.3 is 0 Å². The summed E-state index contributed by atoms with van der Waals surface area (Å²) < 4.78 is 0. The van der Waals surface area contributed by atoms with Crippen LogP contribution in [0.1, 0.15) is 48.9 Å². The van der Waals surface area contributed by atoms with Gasteiger partial charge in [-0.15, -0.1) is 6.58 Å². The quantitative estimate of drug-likeness (QED) is 0.591. The lowest BCUT2D eigenvalue weighted by Crippen LogP contribution is -2.23. The fourth-order valence-corrected chi connectivity index (χ4v) is 2.76. The second-order valence-electron chi connectivity index (χ2n) is 6.52. The van der Waals surface area contributed by atoms with Crippen LogP contribution in [0.25, 0.3) is 0 Å². The third-order valence-electron chi connectivity index (χ3n) is 4.43. The van der Waals surface area contributed by atoms with E-state index in [4.69, 9.17) is 0 Å². The molecule has 0 fully saturated rings. The number of rotatable bonds is 5. The summed E-state index contributed by atoms with van der Waals surface area (Å²) in [5, 5.41) is 0. The third-order valence-corrected chi connectivity index (χ3v) is 4.43. The van der Waals surface area contributed by atoms with Crippen molar-refractivity contribution in [3.63, 3.8) is 0 Å². The number of benzene rings is 2. The Balaban J connectivity index is 2.44. The Morgan fingerprint density at radius 1 is 0.857 bits per heavy atom. The van der Waals surface area contributed by atoms with Crippen LogP contribution in [0, 0.1) is 13.8 Å². The molecule has 0 spiro atoms. The molecule has 0 aliphatic rings. The molecule has 110 valence electrons. The average molecular weight is 278 g/mol. The Kier molecular flexibility index (Phi) is 4.67. The van der Waals surface area contributed by atoms with Gasteiger partial charge in [0.25, 0.3) is 0 Å². The van der Waals surface area contributed by atoms with Gasteiger partial charge in [0.1, 0.15) is 0 Å². The highest BCUT2D eigenvalue weighted by atomic mass is 14.3. The lowest BCUT2D eigenvalue weighted by Gasteiger charge is -2.31. The van der Waals surface area contributed by atoms with E-state index in [0.29, 0.717) is 0 Å². The Morgan fingerprint density at radius 2 is 1.24 bits per heavy atom. The van der Waals surface area contributed by atoms with Gasteiger partial charge in [-0.05, 0) is 44.7 Å². The van der Waals surface area contributed by atoms with Crippen molar-refractivity contribution >= 4 is 0 Å². The molecule has 21 heavy (non-hydrogen) atoms. The predicted molar refractivity (Wildman–Crippen MR) is 92.9 cm³/mol. The summed E-state index contributed by atoms with van der Waals surface area (Å²) in [6.45, 7) is 12.8. The highest BCUT2D eigenvalue weighted by molar-refractivity contribution is 5.40. The van der Waals surface area contributed by atoms with Crippen LogP contribution in [0.5, 0.6) is 0 Å². The first-order chi connectivity index (χ1) is 9.91. The molecule has 0 heterocycles. The van der Waals surface area contributed by atoms with E-state index in [2.05, 4.69) is 82.8 Å². The molecule has 0 radical (unpaired) electrons. The van der Waals surface area contributed by atoms with Gasteiger partial charge in [0, 0.05) is 5.41 Å². The standard InChI is InChI=1S/C21H26/c1-16(2)14-15-21(5,19-10-6-17(3)7-11-19)20-12-8-18(4)9-13-20/h6-13H,1,14-15H2,2-5H3.